The van der Waals surface area contributed by atoms with Crippen molar-refractivity contribution in [2.45, 2.75) is 32.2 Å². The third kappa shape index (κ3) is 4.68. The van der Waals surface area contributed by atoms with Gasteiger partial charge in [0.1, 0.15) is 6.04 Å². The summed E-state index contributed by atoms with van der Waals surface area (Å²) >= 11 is 0. The summed E-state index contributed by atoms with van der Waals surface area (Å²) in [7, 11) is 1.34. The first-order valence-electron chi connectivity index (χ1n) is 10.5. The maximum absolute atomic E-state index is 13.6. The lowest BCUT2D eigenvalue weighted by molar-refractivity contribution is -0.146. The fourth-order valence-electron chi connectivity index (χ4n) is 4.12. The first kappa shape index (κ1) is 22.3. The molecule has 1 heterocycles. The SMILES string of the molecule is C=CC(=O)N1CCCc2c(C(=O)N(CC)C(Cc3ccccc3)C(=O)OC)cccc21. The van der Waals surface area contributed by atoms with E-state index < -0.39 is 12.0 Å². The molecule has 1 atom stereocenters. The Morgan fingerprint density at radius 2 is 1.90 bits per heavy atom. The average molecular weight is 421 g/mol. The Bertz CT molecular complexity index is 971. The van der Waals surface area contributed by atoms with Gasteiger partial charge in [0, 0.05) is 30.8 Å². The second-order valence-electron chi connectivity index (χ2n) is 7.42. The van der Waals surface area contributed by atoms with Gasteiger partial charge in [-0.05, 0) is 49.1 Å². The van der Waals surface area contributed by atoms with Gasteiger partial charge in [0.05, 0.1) is 7.11 Å². The molecule has 0 saturated carbocycles. The molecule has 31 heavy (non-hydrogen) atoms. The van der Waals surface area contributed by atoms with Gasteiger partial charge < -0.3 is 14.5 Å². The van der Waals surface area contributed by atoms with Gasteiger partial charge in [0.2, 0.25) is 5.91 Å². The zero-order chi connectivity index (χ0) is 22.4. The smallest absolute Gasteiger partial charge is 0.328 e. The van der Waals surface area contributed by atoms with E-state index in [-0.39, 0.29) is 11.8 Å². The van der Waals surface area contributed by atoms with Crippen molar-refractivity contribution >= 4 is 23.5 Å². The fraction of sp³-hybridized carbons (Fsp3) is 0.320. The second-order valence-corrected chi connectivity index (χ2v) is 7.42. The predicted molar refractivity (Wildman–Crippen MR) is 120 cm³/mol. The van der Waals surface area contributed by atoms with Crippen molar-refractivity contribution in [1.82, 2.24) is 4.90 Å². The number of carbonyl (C=O) groups excluding carboxylic acids is 3. The van der Waals surface area contributed by atoms with Crippen LogP contribution in [-0.4, -0.2) is 48.9 Å². The molecule has 6 heteroatoms. The lowest BCUT2D eigenvalue weighted by Crippen LogP contribution is -2.47. The third-order valence-electron chi connectivity index (χ3n) is 5.64. The Balaban J connectivity index is 1.98. The van der Waals surface area contributed by atoms with Crippen molar-refractivity contribution in [1.29, 1.82) is 0 Å². The molecule has 6 nitrogen and oxygen atoms in total. The number of nitrogens with zero attached hydrogens (tertiary/aromatic N) is 2. The summed E-state index contributed by atoms with van der Waals surface area (Å²) in [5.41, 5.74) is 3.02. The molecular weight excluding hydrogens is 392 g/mol. The summed E-state index contributed by atoms with van der Waals surface area (Å²) in [6.45, 7) is 6.37. The van der Waals surface area contributed by atoms with Gasteiger partial charge in [-0.2, -0.15) is 0 Å². The highest BCUT2D eigenvalue weighted by Crippen LogP contribution is 2.31. The molecule has 2 aromatic carbocycles. The molecule has 0 radical (unpaired) electrons. The zero-order valence-electron chi connectivity index (χ0n) is 18.0. The molecule has 0 aliphatic carbocycles. The first-order chi connectivity index (χ1) is 15.0. The van der Waals surface area contributed by atoms with E-state index in [1.807, 2.05) is 43.3 Å². The quantitative estimate of drug-likeness (QED) is 0.509. The first-order valence-corrected chi connectivity index (χ1v) is 10.5. The van der Waals surface area contributed by atoms with Crippen LogP contribution in [0.15, 0.2) is 61.2 Å². The number of amides is 2. The minimum Gasteiger partial charge on any atom is -0.467 e. The Hall–Kier alpha value is -3.41. The summed E-state index contributed by atoms with van der Waals surface area (Å²) in [5.74, 6) is -0.875. The van der Waals surface area contributed by atoms with Crippen LogP contribution in [0.5, 0.6) is 0 Å². The van der Waals surface area contributed by atoms with Gasteiger partial charge in [-0.15, -0.1) is 0 Å². The van der Waals surface area contributed by atoms with E-state index in [9.17, 15) is 14.4 Å². The topological polar surface area (TPSA) is 66.9 Å². The van der Waals surface area contributed by atoms with Crippen LogP contribution in [0.3, 0.4) is 0 Å². The largest absolute Gasteiger partial charge is 0.467 e. The number of benzene rings is 2. The number of fused-ring (bicyclic) bond motifs is 1. The van der Waals surface area contributed by atoms with Crippen molar-refractivity contribution in [3.63, 3.8) is 0 Å². The number of carbonyl (C=O) groups is 3. The molecule has 0 N–H and O–H groups in total. The van der Waals surface area contributed by atoms with Crippen molar-refractivity contribution in [2.24, 2.45) is 0 Å². The van der Waals surface area contributed by atoms with Crippen LogP contribution in [0.4, 0.5) is 5.69 Å². The normalized spacial score (nSPS) is 13.7. The Morgan fingerprint density at radius 3 is 2.55 bits per heavy atom. The maximum atomic E-state index is 13.6. The van der Waals surface area contributed by atoms with E-state index in [1.54, 1.807) is 21.9 Å². The molecule has 1 aliphatic heterocycles. The fourth-order valence-corrected chi connectivity index (χ4v) is 4.12. The molecule has 2 aromatic rings. The lowest BCUT2D eigenvalue weighted by atomic mass is 9.94. The van der Waals surface area contributed by atoms with Gasteiger partial charge in [-0.3, -0.25) is 9.59 Å². The van der Waals surface area contributed by atoms with Gasteiger partial charge in [-0.25, -0.2) is 4.79 Å². The molecular formula is C25H28N2O4. The van der Waals surface area contributed by atoms with E-state index in [1.165, 1.54) is 13.2 Å². The van der Waals surface area contributed by atoms with E-state index in [0.29, 0.717) is 31.5 Å². The lowest BCUT2D eigenvalue weighted by Gasteiger charge is -2.33. The van der Waals surface area contributed by atoms with Crippen molar-refractivity contribution in [2.75, 3.05) is 25.1 Å². The highest BCUT2D eigenvalue weighted by molar-refractivity contribution is 6.05. The summed E-state index contributed by atoms with van der Waals surface area (Å²) in [5, 5.41) is 0. The summed E-state index contributed by atoms with van der Waals surface area (Å²) in [4.78, 5) is 41.8. The molecule has 0 aromatic heterocycles. The summed E-state index contributed by atoms with van der Waals surface area (Å²) in [6, 6.07) is 14.2. The van der Waals surface area contributed by atoms with Crippen LogP contribution < -0.4 is 4.90 Å². The van der Waals surface area contributed by atoms with Crippen LogP contribution >= 0.6 is 0 Å². The highest BCUT2D eigenvalue weighted by atomic mass is 16.5. The number of anilines is 1. The second kappa shape index (κ2) is 10.1. The number of hydrogen-bond acceptors (Lipinski definition) is 4. The number of rotatable bonds is 7. The highest BCUT2D eigenvalue weighted by Gasteiger charge is 2.33. The molecule has 0 saturated heterocycles. The van der Waals surface area contributed by atoms with Gasteiger partial charge in [0.15, 0.2) is 0 Å². The number of hydrogen-bond donors (Lipinski definition) is 0. The van der Waals surface area contributed by atoms with Crippen molar-refractivity contribution in [3.05, 3.63) is 77.9 Å². The molecule has 1 unspecified atom stereocenters. The predicted octanol–water partition coefficient (Wildman–Crippen LogP) is 3.40. The maximum Gasteiger partial charge on any atom is 0.328 e. The number of esters is 1. The van der Waals surface area contributed by atoms with Gasteiger partial charge in [-0.1, -0.05) is 43.0 Å². The zero-order valence-corrected chi connectivity index (χ0v) is 18.0. The Labute approximate surface area is 183 Å². The number of likely N-dealkylation sites (N-methyl/N-ethyl adjacent to an activating group) is 1. The van der Waals surface area contributed by atoms with Crippen LogP contribution in [0.2, 0.25) is 0 Å². The van der Waals surface area contributed by atoms with Crippen LogP contribution in [-0.2, 0) is 27.2 Å². The molecule has 3 rings (SSSR count). The summed E-state index contributed by atoms with van der Waals surface area (Å²) in [6.07, 6.45) is 3.10. The van der Waals surface area contributed by atoms with Crippen molar-refractivity contribution in [3.8, 4) is 0 Å². The number of ether oxygens (including phenoxy) is 1. The minimum absolute atomic E-state index is 0.186. The standard InChI is InChI=1S/C25H28N2O4/c1-4-23(28)27-16-10-14-19-20(13-9-15-21(19)27)24(29)26(5-2)22(25(30)31-3)17-18-11-7-6-8-12-18/h4,6-9,11-13,15,22H,1,5,10,14,16-17H2,2-3H3. The van der Waals surface area contributed by atoms with Crippen LogP contribution in [0, 0.1) is 0 Å². The molecule has 162 valence electrons. The molecule has 0 bridgehead atoms. The van der Waals surface area contributed by atoms with E-state index in [0.717, 1.165) is 23.2 Å². The number of methoxy groups -OCH3 is 1. The third-order valence-corrected chi connectivity index (χ3v) is 5.64. The van der Waals surface area contributed by atoms with Gasteiger partial charge in [0.25, 0.3) is 5.91 Å². The van der Waals surface area contributed by atoms with E-state index >= 15 is 0 Å². The average Bonchev–Trinajstić information content (AvgIpc) is 2.82. The Kier molecular flexibility index (Phi) is 7.23. The molecule has 0 fully saturated rings. The molecule has 1 aliphatic rings. The summed E-state index contributed by atoms with van der Waals surface area (Å²) < 4.78 is 5.03. The van der Waals surface area contributed by atoms with Crippen LogP contribution in [0.1, 0.15) is 34.8 Å². The molecule has 2 amide bonds. The minimum atomic E-state index is -0.741. The molecule has 0 spiro atoms. The monoisotopic (exact) mass is 420 g/mol. The van der Waals surface area contributed by atoms with E-state index in [2.05, 4.69) is 6.58 Å². The Morgan fingerprint density at radius 1 is 1.16 bits per heavy atom. The van der Waals surface area contributed by atoms with E-state index in [4.69, 9.17) is 4.74 Å². The van der Waals surface area contributed by atoms with Gasteiger partial charge >= 0.3 is 5.97 Å². The van der Waals surface area contributed by atoms with Crippen molar-refractivity contribution < 1.29 is 19.1 Å². The van der Waals surface area contributed by atoms with Crippen LogP contribution in [0.25, 0.3) is 0 Å².